The van der Waals surface area contributed by atoms with Gasteiger partial charge in [-0.15, -0.1) is 0 Å². The van der Waals surface area contributed by atoms with Crippen LogP contribution in [0.15, 0.2) is 23.2 Å². The average Bonchev–Trinajstić information content (AvgIpc) is 2.03. The first-order chi connectivity index (χ1) is 5.74. The summed E-state index contributed by atoms with van der Waals surface area (Å²) in [6.45, 7) is 4.82. The van der Waals surface area contributed by atoms with E-state index < -0.39 is 0 Å². The van der Waals surface area contributed by atoms with Crippen molar-refractivity contribution in [3.63, 3.8) is 0 Å². The zero-order valence-corrected chi connectivity index (χ0v) is 8.11. The summed E-state index contributed by atoms with van der Waals surface area (Å²) in [4.78, 5) is 3.90. The summed E-state index contributed by atoms with van der Waals surface area (Å²) in [7, 11) is 0. The lowest BCUT2D eigenvalue weighted by molar-refractivity contribution is 1.06. The summed E-state index contributed by atoms with van der Waals surface area (Å²) in [6.07, 6.45) is 0. The van der Waals surface area contributed by atoms with Crippen molar-refractivity contribution in [2.24, 2.45) is 4.99 Å². The van der Waals surface area contributed by atoms with Gasteiger partial charge < -0.3 is 0 Å². The first-order valence-corrected chi connectivity index (χ1v) is 4.24. The molecule has 0 aliphatic rings. The Hall–Kier alpha value is -0.980. The van der Waals surface area contributed by atoms with E-state index in [1.807, 2.05) is 0 Å². The predicted molar refractivity (Wildman–Crippen MR) is 54.6 cm³/mol. The second-order valence-corrected chi connectivity index (χ2v) is 3.02. The third-order valence-electron chi connectivity index (χ3n) is 1.81. The maximum atomic E-state index is 4.50. The smallest absolute Gasteiger partial charge is 0.0745 e. The van der Waals surface area contributed by atoms with Crippen LogP contribution in [0.5, 0.6) is 0 Å². The molecule has 0 unspecified atom stereocenters. The summed E-state index contributed by atoms with van der Waals surface area (Å²) in [5.41, 5.74) is 3.77. The summed E-state index contributed by atoms with van der Waals surface area (Å²) < 4.78 is 0. The van der Waals surface area contributed by atoms with E-state index in [0.29, 0.717) is 6.54 Å². The molecule has 0 aromatic heterocycles. The Morgan fingerprint density at radius 1 is 1.42 bits per heavy atom. The number of hydrogen-bond acceptors (Lipinski definition) is 2. The van der Waals surface area contributed by atoms with E-state index in [9.17, 15) is 0 Å². The number of isothiocyanates is 1. The molecule has 62 valence electrons. The SMILES string of the molecule is Cc1ccc(CN=C=S)c(C)c1. The van der Waals surface area contributed by atoms with E-state index in [0.717, 1.165) is 0 Å². The van der Waals surface area contributed by atoms with E-state index in [1.165, 1.54) is 16.7 Å². The number of thiocarbonyl (C=S) groups is 1. The Labute approximate surface area is 78.1 Å². The van der Waals surface area contributed by atoms with Crippen LogP contribution in [0, 0.1) is 13.8 Å². The fourth-order valence-corrected chi connectivity index (χ4v) is 1.21. The fourth-order valence-electron chi connectivity index (χ4n) is 1.14. The molecule has 0 radical (unpaired) electrons. The van der Waals surface area contributed by atoms with E-state index in [1.54, 1.807) is 0 Å². The van der Waals surface area contributed by atoms with Gasteiger partial charge in [-0.3, -0.25) is 0 Å². The van der Waals surface area contributed by atoms with Crippen molar-refractivity contribution in [1.82, 2.24) is 0 Å². The molecule has 1 aromatic rings. The Morgan fingerprint density at radius 2 is 2.17 bits per heavy atom. The average molecular weight is 177 g/mol. The second kappa shape index (κ2) is 4.15. The van der Waals surface area contributed by atoms with Gasteiger partial charge in [-0.05, 0) is 37.2 Å². The number of hydrogen-bond donors (Lipinski definition) is 0. The van der Waals surface area contributed by atoms with Crippen molar-refractivity contribution < 1.29 is 0 Å². The predicted octanol–water partition coefficient (Wildman–Crippen LogP) is 2.91. The summed E-state index contributed by atoms with van der Waals surface area (Å²) in [5, 5.41) is 2.37. The van der Waals surface area contributed by atoms with Crippen LogP contribution in [0.25, 0.3) is 0 Å². The van der Waals surface area contributed by atoms with E-state index >= 15 is 0 Å². The van der Waals surface area contributed by atoms with Crippen molar-refractivity contribution >= 4 is 17.4 Å². The molecule has 1 nitrogen and oxygen atoms in total. The summed E-state index contributed by atoms with van der Waals surface area (Å²) >= 11 is 4.50. The van der Waals surface area contributed by atoms with Crippen molar-refractivity contribution in [3.8, 4) is 0 Å². The highest BCUT2D eigenvalue weighted by Gasteiger charge is 1.95. The largest absolute Gasteiger partial charge is 0.228 e. The molecule has 0 fully saturated rings. The van der Waals surface area contributed by atoms with Crippen LogP contribution in [0.3, 0.4) is 0 Å². The van der Waals surface area contributed by atoms with Gasteiger partial charge in [0.2, 0.25) is 0 Å². The molecule has 0 aliphatic carbocycles. The third-order valence-corrected chi connectivity index (χ3v) is 1.94. The Balaban J connectivity index is 2.93. The highest BCUT2D eigenvalue weighted by Crippen LogP contribution is 2.10. The maximum absolute atomic E-state index is 4.50. The molecular weight excluding hydrogens is 166 g/mol. The molecule has 0 saturated heterocycles. The molecule has 0 heterocycles. The molecule has 0 bridgehead atoms. The highest BCUT2D eigenvalue weighted by molar-refractivity contribution is 7.78. The van der Waals surface area contributed by atoms with Crippen LogP contribution >= 0.6 is 12.2 Å². The lowest BCUT2D eigenvalue weighted by atomic mass is 10.1. The number of benzene rings is 1. The monoisotopic (exact) mass is 177 g/mol. The Kier molecular flexibility index (Phi) is 3.15. The molecule has 0 aliphatic heterocycles. The lowest BCUT2D eigenvalue weighted by Crippen LogP contribution is -1.87. The third kappa shape index (κ3) is 2.26. The van der Waals surface area contributed by atoms with Gasteiger partial charge in [-0.2, -0.15) is 0 Å². The van der Waals surface area contributed by atoms with Crippen molar-refractivity contribution in [2.45, 2.75) is 20.4 Å². The normalized spacial score (nSPS) is 9.17. The van der Waals surface area contributed by atoms with Gasteiger partial charge in [0.15, 0.2) is 0 Å². The zero-order valence-electron chi connectivity index (χ0n) is 7.29. The molecule has 1 rings (SSSR count). The molecule has 0 atom stereocenters. The molecule has 0 spiro atoms. The minimum atomic E-state index is 0.648. The standard InChI is InChI=1S/C10H11NS/c1-8-3-4-10(6-11-7-12)9(2)5-8/h3-5H,6H2,1-2H3. The number of aryl methyl sites for hydroxylation is 2. The quantitative estimate of drug-likeness (QED) is 0.500. The van der Waals surface area contributed by atoms with Crippen LogP contribution < -0.4 is 0 Å². The minimum Gasteiger partial charge on any atom is -0.228 e. The van der Waals surface area contributed by atoms with Crippen molar-refractivity contribution in [3.05, 3.63) is 34.9 Å². The summed E-state index contributed by atoms with van der Waals surface area (Å²) in [5.74, 6) is 0. The molecule has 12 heavy (non-hydrogen) atoms. The highest BCUT2D eigenvalue weighted by atomic mass is 32.1. The molecule has 1 aromatic carbocycles. The molecule has 0 N–H and O–H groups in total. The zero-order chi connectivity index (χ0) is 8.97. The molecule has 0 amide bonds. The van der Waals surface area contributed by atoms with Gasteiger partial charge in [0.1, 0.15) is 0 Å². The Bertz CT molecular complexity index is 325. The first-order valence-electron chi connectivity index (χ1n) is 3.84. The van der Waals surface area contributed by atoms with E-state index in [4.69, 9.17) is 0 Å². The van der Waals surface area contributed by atoms with Gasteiger partial charge in [0, 0.05) is 0 Å². The molecular formula is C10H11NS. The van der Waals surface area contributed by atoms with E-state index in [-0.39, 0.29) is 0 Å². The van der Waals surface area contributed by atoms with Crippen LogP contribution in [0.4, 0.5) is 0 Å². The molecule has 0 saturated carbocycles. The van der Waals surface area contributed by atoms with Crippen LogP contribution in [0.1, 0.15) is 16.7 Å². The Morgan fingerprint density at radius 3 is 2.75 bits per heavy atom. The number of rotatable bonds is 2. The van der Waals surface area contributed by atoms with Crippen LogP contribution in [-0.4, -0.2) is 5.16 Å². The van der Waals surface area contributed by atoms with Gasteiger partial charge in [-0.1, -0.05) is 23.8 Å². The fraction of sp³-hybridized carbons (Fsp3) is 0.300. The van der Waals surface area contributed by atoms with Crippen LogP contribution in [-0.2, 0) is 6.54 Å². The topological polar surface area (TPSA) is 12.4 Å². The van der Waals surface area contributed by atoms with Gasteiger partial charge in [0.05, 0.1) is 11.7 Å². The van der Waals surface area contributed by atoms with Gasteiger partial charge in [0.25, 0.3) is 0 Å². The first kappa shape index (κ1) is 9.11. The second-order valence-electron chi connectivity index (χ2n) is 2.84. The lowest BCUT2D eigenvalue weighted by Gasteiger charge is -2.02. The maximum Gasteiger partial charge on any atom is 0.0745 e. The summed E-state index contributed by atoms with van der Waals surface area (Å²) in [6, 6.07) is 6.32. The van der Waals surface area contributed by atoms with Gasteiger partial charge in [-0.25, -0.2) is 4.99 Å². The van der Waals surface area contributed by atoms with Crippen LogP contribution in [0.2, 0.25) is 0 Å². The van der Waals surface area contributed by atoms with Crippen molar-refractivity contribution in [2.75, 3.05) is 0 Å². The number of nitrogens with zero attached hydrogens (tertiary/aromatic N) is 1. The molecule has 2 heteroatoms. The number of aliphatic imine (C=N–C) groups is 1. The van der Waals surface area contributed by atoms with E-state index in [2.05, 4.69) is 54.4 Å². The minimum absolute atomic E-state index is 0.648. The van der Waals surface area contributed by atoms with Gasteiger partial charge >= 0.3 is 0 Å². The van der Waals surface area contributed by atoms with Crippen molar-refractivity contribution in [1.29, 1.82) is 0 Å².